The van der Waals surface area contributed by atoms with E-state index in [4.69, 9.17) is 40.2 Å². The van der Waals surface area contributed by atoms with Crippen molar-refractivity contribution in [3.8, 4) is 0 Å². The molecule has 0 saturated carbocycles. The Morgan fingerprint density at radius 2 is 2.12 bits per heavy atom. The molecule has 1 aromatic carbocycles. The van der Waals surface area contributed by atoms with E-state index in [1.165, 1.54) is 0 Å². The summed E-state index contributed by atoms with van der Waals surface area (Å²) in [6.45, 7) is 1.86. The van der Waals surface area contributed by atoms with E-state index in [1.54, 1.807) is 19.2 Å². The molecule has 0 aliphatic rings. The number of benzene rings is 1. The van der Waals surface area contributed by atoms with Crippen LogP contribution in [0.5, 0.6) is 0 Å². The molecule has 0 spiro atoms. The molecule has 17 heavy (non-hydrogen) atoms. The van der Waals surface area contributed by atoms with Crippen molar-refractivity contribution >= 4 is 40.5 Å². The molecule has 2 N–H and O–H groups in total. The van der Waals surface area contributed by atoms with Gasteiger partial charge >= 0.3 is 0 Å². The molecule has 0 aliphatic heterocycles. The standard InChI is InChI=1S/C11H14Cl2N2OS/c1-16-5-4-14-11(17)15-7-8-2-3-9(12)6-10(8)13/h2-3,6H,4-5,7H2,1H3,(H2,14,15,17). The van der Waals surface area contributed by atoms with Crippen LogP contribution in [-0.2, 0) is 11.3 Å². The van der Waals surface area contributed by atoms with E-state index < -0.39 is 0 Å². The largest absolute Gasteiger partial charge is 0.383 e. The van der Waals surface area contributed by atoms with Gasteiger partial charge in [-0.3, -0.25) is 0 Å². The quantitative estimate of drug-likeness (QED) is 0.646. The van der Waals surface area contributed by atoms with Crippen molar-refractivity contribution in [3.63, 3.8) is 0 Å². The molecule has 0 aromatic heterocycles. The van der Waals surface area contributed by atoms with Crippen molar-refractivity contribution in [1.82, 2.24) is 10.6 Å². The molecule has 0 radical (unpaired) electrons. The van der Waals surface area contributed by atoms with Gasteiger partial charge in [0.05, 0.1) is 6.61 Å². The third-order valence-electron chi connectivity index (χ3n) is 2.05. The topological polar surface area (TPSA) is 33.3 Å². The smallest absolute Gasteiger partial charge is 0.166 e. The van der Waals surface area contributed by atoms with Crippen molar-refractivity contribution < 1.29 is 4.74 Å². The van der Waals surface area contributed by atoms with Crippen LogP contribution in [0.15, 0.2) is 18.2 Å². The first kappa shape index (κ1) is 14.5. The Balaban J connectivity index is 2.37. The van der Waals surface area contributed by atoms with E-state index in [1.807, 2.05) is 6.07 Å². The van der Waals surface area contributed by atoms with Gasteiger partial charge in [-0.05, 0) is 29.9 Å². The van der Waals surface area contributed by atoms with Gasteiger partial charge < -0.3 is 15.4 Å². The molecule has 0 fully saturated rings. The van der Waals surface area contributed by atoms with Crippen LogP contribution in [0.25, 0.3) is 0 Å². The molecule has 1 rings (SSSR count). The second-order valence-corrected chi connectivity index (χ2v) is 4.59. The van der Waals surface area contributed by atoms with Gasteiger partial charge in [0.25, 0.3) is 0 Å². The predicted molar refractivity (Wildman–Crippen MR) is 75.8 cm³/mol. The third kappa shape index (κ3) is 5.55. The highest BCUT2D eigenvalue weighted by atomic mass is 35.5. The summed E-state index contributed by atoms with van der Waals surface area (Å²) in [7, 11) is 1.64. The Kier molecular flexibility index (Phi) is 6.58. The van der Waals surface area contributed by atoms with Crippen LogP contribution >= 0.6 is 35.4 Å². The number of hydrogen-bond donors (Lipinski definition) is 2. The van der Waals surface area contributed by atoms with Gasteiger partial charge in [-0.2, -0.15) is 0 Å². The molecule has 0 bridgehead atoms. The maximum Gasteiger partial charge on any atom is 0.166 e. The van der Waals surface area contributed by atoms with Gasteiger partial charge in [0.15, 0.2) is 5.11 Å². The number of ether oxygens (including phenoxy) is 1. The molecule has 0 saturated heterocycles. The molecular weight excluding hydrogens is 279 g/mol. The SMILES string of the molecule is COCCNC(=S)NCc1ccc(Cl)cc1Cl. The zero-order valence-corrected chi connectivity index (χ0v) is 11.8. The minimum Gasteiger partial charge on any atom is -0.383 e. The zero-order valence-electron chi connectivity index (χ0n) is 9.43. The van der Waals surface area contributed by atoms with Crippen LogP contribution in [0.2, 0.25) is 10.0 Å². The number of methoxy groups -OCH3 is 1. The van der Waals surface area contributed by atoms with Crippen molar-refractivity contribution in [1.29, 1.82) is 0 Å². The van der Waals surface area contributed by atoms with Gasteiger partial charge in [-0.15, -0.1) is 0 Å². The van der Waals surface area contributed by atoms with E-state index >= 15 is 0 Å². The molecule has 0 aliphatic carbocycles. The van der Waals surface area contributed by atoms with Crippen molar-refractivity contribution in [3.05, 3.63) is 33.8 Å². The summed E-state index contributed by atoms with van der Waals surface area (Å²) in [4.78, 5) is 0. The highest BCUT2D eigenvalue weighted by molar-refractivity contribution is 7.80. The number of hydrogen-bond acceptors (Lipinski definition) is 2. The second kappa shape index (κ2) is 7.71. The lowest BCUT2D eigenvalue weighted by Gasteiger charge is -2.11. The Morgan fingerprint density at radius 1 is 1.35 bits per heavy atom. The van der Waals surface area contributed by atoms with Gasteiger partial charge in [-0.25, -0.2) is 0 Å². The summed E-state index contributed by atoms with van der Waals surface area (Å²) in [6.07, 6.45) is 0. The van der Waals surface area contributed by atoms with Crippen LogP contribution in [0, 0.1) is 0 Å². The molecule has 0 amide bonds. The molecule has 94 valence electrons. The predicted octanol–water partition coefficient (Wildman–Crippen LogP) is 2.60. The fourth-order valence-corrected chi connectivity index (χ4v) is 1.82. The normalized spacial score (nSPS) is 10.1. The molecule has 1 aromatic rings. The summed E-state index contributed by atoms with van der Waals surface area (Å²) in [5.74, 6) is 0. The lowest BCUT2D eigenvalue weighted by molar-refractivity contribution is 0.204. The third-order valence-corrected chi connectivity index (χ3v) is 2.92. The van der Waals surface area contributed by atoms with Crippen LogP contribution in [0.4, 0.5) is 0 Å². The van der Waals surface area contributed by atoms with Gasteiger partial charge in [0, 0.05) is 30.2 Å². The van der Waals surface area contributed by atoms with Gasteiger partial charge in [-0.1, -0.05) is 29.3 Å². The first-order valence-corrected chi connectivity index (χ1v) is 6.24. The maximum atomic E-state index is 6.03. The fraction of sp³-hybridized carbons (Fsp3) is 0.364. The van der Waals surface area contributed by atoms with Gasteiger partial charge in [0.1, 0.15) is 0 Å². The summed E-state index contributed by atoms with van der Waals surface area (Å²) in [5, 5.41) is 7.90. The van der Waals surface area contributed by atoms with Gasteiger partial charge in [0.2, 0.25) is 0 Å². The Bertz CT molecular complexity index is 388. The number of nitrogens with one attached hydrogen (secondary N) is 2. The molecular formula is C11H14Cl2N2OS. The summed E-state index contributed by atoms with van der Waals surface area (Å²) in [5.41, 5.74) is 0.951. The first-order chi connectivity index (χ1) is 8.13. The molecule has 6 heteroatoms. The Hall–Kier alpha value is -0.550. The average molecular weight is 293 g/mol. The Labute approximate surface area is 116 Å². The van der Waals surface area contributed by atoms with E-state index in [9.17, 15) is 0 Å². The second-order valence-electron chi connectivity index (χ2n) is 3.34. The van der Waals surface area contributed by atoms with Crippen LogP contribution in [-0.4, -0.2) is 25.4 Å². The van der Waals surface area contributed by atoms with Crippen LogP contribution in [0.3, 0.4) is 0 Å². The lowest BCUT2D eigenvalue weighted by atomic mass is 10.2. The summed E-state index contributed by atoms with van der Waals surface area (Å²) in [6, 6.07) is 5.38. The van der Waals surface area contributed by atoms with Crippen molar-refractivity contribution in [2.24, 2.45) is 0 Å². The molecule has 0 heterocycles. The monoisotopic (exact) mass is 292 g/mol. The minimum absolute atomic E-state index is 0.564. The average Bonchev–Trinajstić information content (AvgIpc) is 2.28. The van der Waals surface area contributed by atoms with Crippen molar-refractivity contribution in [2.75, 3.05) is 20.3 Å². The van der Waals surface area contributed by atoms with E-state index in [-0.39, 0.29) is 0 Å². The number of halogens is 2. The van der Waals surface area contributed by atoms with E-state index in [0.717, 1.165) is 5.56 Å². The molecule has 0 unspecified atom stereocenters. The highest BCUT2D eigenvalue weighted by Crippen LogP contribution is 2.20. The first-order valence-electron chi connectivity index (χ1n) is 5.08. The van der Waals surface area contributed by atoms with E-state index in [0.29, 0.717) is 34.9 Å². The zero-order chi connectivity index (χ0) is 12.7. The fourth-order valence-electron chi connectivity index (χ4n) is 1.17. The highest BCUT2D eigenvalue weighted by Gasteiger charge is 2.02. The lowest BCUT2D eigenvalue weighted by Crippen LogP contribution is -2.36. The Morgan fingerprint density at radius 3 is 2.76 bits per heavy atom. The maximum absolute atomic E-state index is 6.03. The van der Waals surface area contributed by atoms with E-state index in [2.05, 4.69) is 10.6 Å². The number of rotatable bonds is 5. The van der Waals surface area contributed by atoms with Crippen LogP contribution in [0.1, 0.15) is 5.56 Å². The molecule has 0 atom stereocenters. The summed E-state index contributed by atoms with van der Waals surface area (Å²) < 4.78 is 4.90. The number of thiocarbonyl (C=S) groups is 1. The van der Waals surface area contributed by atoms with Crippen LogP contribution < -0.4 is 10.6 Å². The molecule has 3 nitrogen and oxygen atoms in total. The minimum atomic E-state index is 0.564. The summed E-state index contributed by atoms with van der Waals surface area (Å²) >= 11 is 16.9. The van der Waals surface area contributed by atoms with Crippen molar-refractivity contribution in [2.45, 2.75) is 6.54 Å².